The lowest BCUT2D eigenvalue weighted by molar-refractivity contribution is -0.112. The summed E-state index contributed by atoms with van der Waals surface area (Å²) in [6, 6.07) is 15.3. The summed E-state index contributed by atoms with van der Waals surface area (Å²) >= 11 is 0. The second kappa shape index (κ2) is 7.89. The number of halogens is 1. The molecule has 3 aromatic rings. The summed E-state index contributed by atoms with van der Waals surface area (Å²) < 4.78 is 14.8. The van der Waals surface area contributed by atoms with Crippen LogP contribution in [0.3, 0.4) is 0 Å². The van der Waals surface area contributed by atoms with E-state index in [1.807, 2.05) is 38.1 Å². The highest BCUT2D eigenvalue weighted by molar-refractivity contribution is 6.09. The number of carbonyl (C=O) groups excluding carboxylic acids is 1. The number of benzene rings is 2. The van der Waals surface area contributed by atoms with Crippen molar-refractivity contribution in [1.82, 2.24) is 9.78 Å². The van der Waals surface area contributed by atoms with E-state index in [-0.39, 0.29) is 11.4 Å². The molecule has 0 bridgehead atoms. The van der Waals surface area contributed by atoms with Gasteiger partial charge in [0, 0.05) is 16.9 Å². The highest BCUT2D eigenvalue weighted by Gasteiger charge is 2.15. The Labute approximate surface area is 162 Å². The van der Waals surface area contributed by atoms with Crippen LogP contribution in [0.2, 0.25) is 0 Å². The number of amides is 1. The second-order valence-electron chi connectivity index (χ2n) is 6.47. The van der Waals surface area contributed by atoms with E-state index in [1.54, 1.807) is 29.8 Å². The van der Waals surface area contributed by atoms with Crippen molar-refractivity contribution in [2.75, 3.05) is 5.32 Å². The van der Waals surface area contributed by atoms with E-state index < -0.39 is 5.91 Å². The highest BCUT2D eigenvalue weighted by Crippen LogP contribution is 2.21. The summed E-state index contributed by atoms with van der Waals surface area (Å²) in [7, 11) is 0. The van der Waals surface area contributed by atoms with Crippen LogP contribution in [0.15, 0.2) is 54.1 Å². The van der Waals surface area contributed by atoms with E-state index in [0.29, 0.717) is 22.6 Å². The maximum Gasteiger partial charge on any atom is 0.266 e. The molecule has 0 fully saturated rings. The molecule has 28 heavy (non-hydrogen) atoms. The van der Waals surface area contributed by atoms with Gasteiger partial charge in [-0.05, 0) is 68.8 Å². The monoisotopic (exact) mass is 374 g/mol. The number of nitrogens with one attached hydrogen (secondary N) is 1. The average Bonchev–Trinajstić information content (AvgIpc) is 2.94. The van der Waals surface area contributed by atoms with Crippen LogP contribution in [0.5, 0.6) is 0 Å². The summed E-state index contributed by atoms with van der Waals surface area (Å²) in [5.74, 6) is -0.814. The molecule has 0 atom stereocenters. The molecular weight excluding hydrogens is 355 g/mol. The van der Waals surface area contributed by atoms with E-state index in [1.165, 1.54) is 18.2 Å². The number of nitrogens with zero attached hydrogens (tertiary/aromatic N) is 3. The van der Waals surface area contributed by atoms with Crippen molar-refractivity contribution >= 4 is 17.7 Å². The van der Waals surface area contributed by atoms with Gasteiger partial charge in [-0.15, -0.1) is 0 Å². The molecule has 1 heterocycles. The lowest BCUT2D eigenvalue weighted by Gasteiger charge is -2.06. The first kappa shape index (κ1) is 19.1. The average molecular weight is 374 g/mol. The summed E-state index contributed by atoms with van der Waals surface area (Å²) in [4.78, 5) is 12.5. The van der Waals surface area contributed by atoms with E-state index in [0.717, 1.165) is 11.3 Å². The predicted octanol–water partition coefficient (Wildman–Crippen LogP) is 4.48. The predicted molar refractivity (Wildman–Crippen MR) is 106 cm³/mol. The van der Waals surface area contributed by atoms with Gasteiger partial charge in [0.05, 0.1) is 11.4 Å². The number of rotatable bonds is 4. The molecule has 2 aromatic carbocycles. The van der Waals surface area contributed by atoms with Gasteiger partial charge in [0.1, 0.15) is 17.5 Å². The van der Waals surface area contributed by atoms with Gasteiger partial charge in [0.2, 0.25) is 0 Å². The zero-order valence-electron chi connectivity index (χ0n) is 15.8. The zero-order chi connectivity index (χ0) is 20.3. The highest BCUT2D eigenvalue weighted by atomic mass is 19.1. The molecule has 0 aliphatic carbocycles. The van der Waals surface area contributed by atoms with Crippen LogP contribution in [-0.2, 0) is 4.79 Å². The largest absolute Gasteiger partial charge is 0.321 e. The third kappa shape index (κ3) is 3.99. The van der Waals surface area contributed by atoms with Crippen LogP contribution in [-0.4, -0.2) is 15.7 Å². The summed E-state index contributed by atoms with van der Waals surface area (Å²) in [5, 5.41) is 16.7. The first-order valence-corrected chi connectivity index (χ1v) is 8.71. The van der Waals surface area contributed by atoms with Crippen LogP contribution in [0, 0.1) is 37.9 Å². The van der Waals surface area contributed by atoms with E-state index in [2.05, 4.69) is 10.4 Å². The van der Waals surface area contributed by atoms with Crippen LogP contribution >= 0.6 is 0 Å². The maximum atomic E-state index is 13.2. The Morgan fingerprint density at radius 1 is 1.18 bits per heavy atom. The molecule has 0 unspecified atom stereocenters. The van der Waals surface area contributed by atoms with Gasteiger partial charge in [-0.3, -0.25) is 4.79 Å². The standard InChI is InChI=1S/C22H19FN4O/c1-14-5-4-6-19(11-14)25-22(28)17(13-24)12-21-15(2)26-27(16(21)3)20-9-7-18(23)8-10-20/h4-12H,1-3H3,(H,25,28)/b17-12+. The lowest BCUT2D eigenvalue weighted by Crippen LogP contribution is -2.13. The van der Waals surface area contributed by atoms with Gasteiger partial charge in [0.25, 0.3) is 5.91 Å². The lowest BCUT2D eigenvalue weighted by atomic mass is 10.1. The Morgan fingerprint density at radius 2 is 1.89 bits per heavy atom. The zero-order valence-corrected chi connectivity index (χ0v) is 15.8. The minimum atomic E-state index is -0.485. The van der Waals surface area contributed by atoms with Crippen molar-refractivity contribution < 1.29 is 9.18 Å². The Kier molecular flexibility index (Phi) is 5.37. The van der Waals surface area contributed by atoms with Crippen molar-refractivity contribution in [1.29, 1.82) is 5.26 Å². The Bertz CT molecular complexity index is 1100. The number of carbonyl (C=O) groups is 1. The Balaban J connectivity index is 1.93. The molecule has 0 spiro atoms. The van der Waals surface area contributed by atoms with Crippen LogP contribution < -0.4 is 5.32 Å². The molecule has 1 amide bonds. The quantitative estimate of drug-likeness (QED) is 0.541. The normalized spacial score (nSPS) is 11.2. The van der Waals surface area contributed by atoms with Crippen molar-refractivity contribution in [3.05, 3.63) is 82.4 Å². The molecule has 3 rings (SSSR count). The van der Waals surface area contributed by atoms with Crippen molar-refractivity contribution in [2.24, 2.45) is 0 Å². The van der Waals surface area contributed by atoms with Crippen LogP contribution in [0.4, 0.5) is 10.1 Å². The minimum absolute atomic E-state index is 0.0219. The fraction of sp³-hybridized carbons (Fsp3) is 0.136. The first-order valence-electron chi connectivity index (χ1n) is 8.71. The van der Waals surface area contributed by atoms with Gasteiger partial charge >= 0.3 is 0 Å². The van der Waals surface area contributed by atoms with Gasteiger partial charge in [-0.25, -0.2) is 9.07 Å². The fourth-order valence-electron chi connectivity index (χ4n) is 2.91. The maximum absolute atomic E-state index is 13.2. The molecule has 5 nitrogen and oxygen atoms in total. The summed E-state index contributed by atoms with van der Waals surface area (Å²) in [6.45, 7) is 5.56. The smallest absolute Gasteiger partial charge is 0.266 e. The van der Waals surface area contributed by atoms with Gasteiger partial charge in [-0.2, -0.15) is 10.4 Å². The molecule has 140 valence electrons. The molecule has 0 saturated heterocycles. The fourth-order valence-corrected chi connectivity index (χ4v) is 2.91. The van der Waals surface area contributed by atoms with Gasteiger partial charge in [0.15, 0.2) is 0 Å². The first-order chi connectivity index (χ1) is 13.4. The summed E-state index contributed by atoms with van der Waals surface area (Å²) in [5.41, 5.74) is 4.41. The van der Waals surface area contributed by atoms with Crippen molar-refractivity contribution in [3.63, 3.8) is 0 Å². The number of aromatic nitrogens is 2. The SMILES string of the molecule is Cc1cccc(NC(=O)/C(C#N)=C/c2c(C)nn(-c3ccc(F)cc3)c2C)c1. The van der Waals surface area contributed by atoms with Gasteiger partial charge < -0.3 is 5.32 Å². The minimum Gasteiger partial charge on any atom is -0.321 e. The number of hydrogen-bond donors (Lipinski definition) is 1. The third-order valence-electron chi connectivity index (χ3n) is 4.35. The van der Waals surface area contributed by atoms with Crippen molar-refractivity contribution in [3.8, 4) is 11.8 Å². The molecule has 0 radical (unpaired) electrons. The number of hydrogen-bond acceptors (Lipinski definition) is 3. The molecule has 0 saturated carbocycles. The Morgan fingerprint density at radius 3 is 2.54 bits per heavy atom. The van der Waals surface area contributed by atoms with E-state index in [9.17, 15) is 14.4 Å². The molecule has 1 N–H and O–H groups in total. The van der Waals surface area contributed by atoms with Crippen LogP contribution in [0.1, 0.15) is 22.5 Å². The van der Waals surface area contributed by atoms with Gasteiger partial charge in [-0.1, -0.05) is 12.1 Å². The van der Waals surface area contributed by atoms with E-state index in [4.69, 9.17) is 0 Å². The van der Waals surface area contributed by atoms with Crippen LogP contribution in [0.25, 0.3) is 11.8 Å². The molecule has 0 aliphatic rings. The van der Waals surface area contributed by atoms with E-state index >= 15 is 0 Å². The molecule has 6 heteroatoms. The Hall–Kier alpha value is -3.72. The number of aryl methyl sites for hydroxylation is 2. The molecular formula is C22H19FN4O. The number of anilines is 1. The molecule has 1 aromatic heterocycles. The number of nitriles is 1. The second-order valence-corrected chi connectivity index (χ2v) is 6.47. The van der Waals surface area contributed by atoms with Crippen molar-refractivity contribution in [2.45, 2.75) is 20.8 Å². The topological polar surface area (TPSA) is 70.7 Å². The third-order valence-corrected chi connectivity index (χ3v) is 4.35. The summed E-state index contributed by atoms with van der Waals surface area (Å²) in [6.07, 6.45) is 1.53. The molecule has 0 aliphatic heterocycles.